The van der Waals surface area contributed by atoms with E-state index in [2.05, 4.69) is 10.3 Å². The minimum Gasteiger partial charge on any atom is -0.491 e. The first kappa shape index (κ1) is 14.5. The molecule has 106 valence electrons. The molecule has 1 aromatic carbocycles. The summed E-state index contributed by atoms with van der Waals surface area (Å²) in [5.74, 6) is 0.773. The van der Waals surface area contributed by atoms with E-state index in [0.717, 1.165) is 11.3 Å². The molecule has 0 bridgehead atoms. The van der Waals surface area contributed by atoms with Crippen LogP contribution in [0.4, 0.5) is 0 Å². The van der Waals surface area contributed by atoms with Crippen LogP contribution in [0.1, 0.15) is 11.1 Å². The Balaban J connectivity index is 1.68. The molecule has 4 heteroatoms. The van der Waals surface area contributed by atoms with E-state index in [1.165, 1.54) is 5.56 Å². The van der Waals surface area contributed by atoms with Crippen LogP contribution in [0.25, 0.3) is 0 Å². The maximum atomic E-state index is 9.85. The monoisotopic (exact) mass is 272 g/mol. The third-order valence-corrected chi connectivity index (χ3v) is 3.03. The van der Waals surface area contributed by atoms with E-state index in [1.54, 1.807) is 6.20 Å². The molecule has 4 nitrogen and oxygen atoms in total. The van der Waals surface area contributed by atoms with Gasteiger partial charge in [-0.1, -0.05) is 18.2 Å². The van der Waals surface area contributed by atoms with Crippen molar-refractivity contribution >= 4 is 0 Å². The number of nitrogens with zero attached hydrogens (tertiary/aromatic N) is 1. The molecule has 0 radical (unpaired) electrons. The van der Waals surface area contributed by atoms with Gasteiger partial charge in [0.15, 0.2) is 0 Å². The first-order valence-electron chi connectivity index (χ1n) is 6.72. The molecule has 20 heavy (non-hydrogen) atoms. The van der Waals surface area contributed by atoms with Gasteiger partial charge < -0.3 is 15.2 Å². The van der Waals surface area contributed by atoms with Crippen molar-refractivity contribution in [2.45, 2.75) is 19.6 Å². The number of rotatable bonds is 7. The van der Waals surface area contributed by atoms with Crippen molar-refractivity contribution in [3.8, 4) is 5.75 Å². The van der Waals surface area contributed by atoms with Crippen molar-refractivity contribution in [3.63, 3.8) is 0 Å². The van der Waals surface area contributed by atoms with Gasteiger partial charge in [-0.05, 0) is 36.2 Å². The zero-order chi connectivity index (χ0) is 14.2. The van der Waals surface area contributed by atoms with Gasteiger partial charge in [0, 0.05) is 25.5 Å². The molecule has 0 fully saturated rings. The summed E-state index contributed by atoms with van der Waals surface area (Å²) in [6.07, 6.45) is 3.09. The fourth-order valence-electron chi connectivity index (χ4n) is 1.82. The average molecular weight is 272 g/mol. The van der Waals surface area contributed by atoms with E-state index < -0.39 is 6.10 Å². The van der Waals surface area contributed by atoms with E-state index in [9.17, 15) is 5.11 Å². The van der Waals surface area contributed by atoms with Crippen LogP contribution in [0, 0.1) is 6.92 Å². The van der Waals surface area contributed by atoms with Gasteiger partial charge in [-0.3, -0.25) is 4.98 Å². The Bertz CT molecular complexity index is 517. The molecule has 0 saturated carbocycles. The van der Waals surface area contributed by atoms with Crippen LogP contribution in [0.3, 0.4) is 0 Å². The molecular weight excluding hydrogens is 252 g/mol. The summed E-state index contributed by atoms with van der Waals surface area (Å²) >= 11 is 0. The number of aromatic nitrogens is 1. The predicted molar refractivity (Wildman–Crippen MR) is 78.6 cm³/mol. The number of hydrogen-bond donors (Lipinski definition) is 2. The van der Waals surface area contributed by atoms with Crippen LogP contribution in [-0.2, 0) is 6.54 Å². The summed E-state index contributed by atoms with van der Waals surface area (Å²) in [4.78, 5) is 4.09. The SMILES string of the molecule is Cc1ccncc1CNCC(O)COc1ccccc1. The minimum atomic E-state index is -0.535. The summed E-state index contributed by atoms with van der Waals surface area (Å²) < 4.78 is 5.49. The van der Waals surface area contributed by atoms with Crippen LogP contribution in [0.15, 0.2) is 48.8 Å². The van der Waals surface area contributed by atoms with Crippen LogP contribution in [0.5, 0.6) is 5.75 Å². The highest BCUT2D eigenvalue weighted by Gasteiger charge is 2.05. The smallest absolute Gasteiger partial charge is 0.119 e. The topological polar surface area (TPSA) is 54.4 Å². The van der Waals surface area contributed by atoms with Crippen molar-refractivity contribution in [1.82, 2.24) is 10.3 Å². The second kappa shape index (κ2) is 7.62. The molecule has 2 aromatic rings. The van der Waals surface area contributed by atoms with Gasteiger partial charge in [0.2, 0.25) is 0 Å². The molecule has 2 rings (SSSR count). The normalized spacial score (nSPS) is 12.1. The van der Waals surface area contributed by atoms with E-state index in [-0.39, 0.29) is 6.61 Å². The Morgan fingerprint density at radius 2 is 2.05 bits per heavy atom. The van der Waals surface area contributed by atoms with Crippen LogP contribution >= 0.6 is 0 Å². The Morgan fingerprint density at radius 3 is 2.80 bits per heavy atom. The number of pyridine rings is 1. The van der Waals surface area contributed by atoms with Gasteiger partial charge in [-0.15, -0.1) is 0 Å². The fourth-order valence-corrected chi connectivity index (χ4v) is 1.82. The Kier molecular flexibility index (Phi) is 5.53. The van der Waals surface area contributed by atoms with Gasteiger partial charge in [0.1, 0.15) is 18.5 Å². The first-order chi connectivity index (χ1) is 9.75. The maximum Gasteiger partial charge on any atom is 0.119 e. The summed E-state index contributed by atoms with van der Waals surface area (Å²) in [7, 11) is 0. The summed E-state index contributed by atoms with van der Waals surface area (Å²) in [6.45, 7) is 3.51. The molecule has 0 aliphatic heterocycles. The number of nitrogens with one attached hydrogen (secondary N) is 1. The third kappa shape index (κ3) is 4.64. The molecule has 1 unspecified atom stereocenters. The summed E-state index contributed by atoms with van der Waals surface area (Å²) in [6, 6.07) is 11.5. The molecule has 1 atom stereocenters. The standard InChI is InChI=1S/C16H20N2O2/c1-13-7-8-17-9-14(13)10-18-11-15(19)12-20-16-5-3-2-4-6-16/h2-9,15,18-19H,10-12H2,1H3. The van der Waals surface area contributed by atoms with Crippen molar-refractivity contribution in [1.29, 1.82) is 0 Å². The number of benzene rings is 1. The third-order valence-electron chi connectivity index (χ3n) is 3.03. The van der Waals surface area contributed by atoms with E-state index in [1.807, 2.05) is 49.5 Å². The highest BCUT2D eigenvalue weighted by atomic mass is 16.5. The van der Waals surface area contributed by atoms with Crippen molar-refractivity contribution in [2.24, 2.45) is 0 Å². The van der Waals surface area contributed by atoms with Gasteiger partial charge in [0.05, 0.1) is 0 Å². The zero-order valence-corrected chi connectivity index (χ0v) is 11.6. The molecule has 1 heterocycles. The number of aryl methyl sites for hydroxylation is 1. The second-order valence-corrected chi connectivity index (χ2v) is 4.71. The van der Waals surface area contributed by atoms with Gasteiger partial charge in [0.25, 0.3) is 0 Å². The number of aliphatic hydroxyl groups excluding tert-OH is 1. The molecule has 0 amide bonds. The molecule has 0 spiro atoms. The molecule has 1 aromatic heterocycles. The lowest BCUT2D eigenvalue weighted by atomic mass is 10.1. The quantitative estimate of drug-likeness (QED) is 0.808. The number of para-hydroxylation sites is 1. The molecule has 0 aliphatic carbocycles. The van der Waals surface area contributed by atoms with Crippen molar-refractivity contribution < 1.29 is 9.84 Å². The number of ether oxygens (including phenoxy) is 1. The van der Waals surface area contributed by atoms with Crippen LogP contribution in [0.2, 0.25) is 0 Å². The van der Waals surface area contributed by atoms with E-state index in [0.29, 0.717) is 13.1 Å². The highest BCUT2D eigenvalue weighted by Crippen LogP contribution is 2.08. The molecule has 2 N–H and O–H groups in total. The lowest BCUT2D eigenvalue weighted by Gasteiger charge is -2.13. The Morgan fingerprint density at radius 1 is 1.25 bits per heavy atom. The summed E-state index contributed by atoms with van der Waals surface area (Å²) in [5.41, 5.74) is 2.34. The minimum absolute atomic E-state index is 0.281. The van der Waals surface area contributed by atoms with E-state index in [4.69, 9.17) is 4.74 Å². The van der Waals surface area contributed by atoms with Crippen LogP contribution < -0.4 is 10.1 Å². The lowest BCUT2D eigenvalue weighted by Crippen LogP contribution is -2.31. The van der Waals surface area contributed by atoms with Gasteiger partial charge >= 0.3 is 0 Å². The van der Waals surface area contributed by atoms with Crippen LogP contribution in [-0.4, -0.2) is 29.3 Å². The maximum absolute atomic E-state index is 9.85. The van der Waals surface area contributed by atoms with Gasteiger partial charge in [-0.25, -0.2) is 0 Å². The van der Waals surface area contributed by atoms with Crippen molar-refractivity contribution in [2.75, 3.05) is 13.2 Å². The van der Waals surface area contributed by atoms with E-state index >= 15 is 0 Å². The highest BCUT2D eigenvalue weighted by molar-refractivity contribution is 5.21. The first-order valence-corrected chi connectivity index (χ1v) is 6.72. The summed E-state index contributed by atoms with van der Waals surface area (Å²) in [5, 5.41) is 13.1. The fraction of sp³-hybridized carbons (Fsp3) is 0.312. The molecular formula is C16H20N2O2. The zero-order valence-electron chi connectivity index (χ0n) is 11.6. The largest absolute Gasteiger partial charge is 0.491 e. The Labute approximate surface area is 119 Å². The Hall–Kier alpha value is -1.91. The molecule has 0 saturated heterocycles. The van der Waals surface area contributed by atoms with Crippen molar-refractivity contribution in [3.05, 3.63) is 59.9 Å². The molecule has 0 aliphatic rings. The average Bonchev–Trinajstić information content (AvgIpc) is 2.48. The predicted octanol–water partition coefficient (Wildman–Crippen LogP) is 1.92. The van der Waals surface area contributed by atoms with Gasteiger partial charge in [-0.2, -0.15) is 0 Å². The number of aliphatic hydroxyl groups is 1. The lowest BCUT2D eigenvalue weighted by molar-refractivity contribution is 0.106. The number of hydrogen-bond acceptors (Lipinski definition) is 4. The second-order valence-electron chi connectivity index (χ2n) is 4.71.